The van der Waals surface area contributed by atoms with Gasteiger partial charge >= 0.3 is 0 Å². The zero-order valence-electron chi connectivity index (χ0n) is 13.1. The third kappa shape index (κ3) is 3.25. The van der Waals surface area contributed by atoms with Gasteiger partial charge in [0.25, 0.3) is 10.0 Å². The van der Waals surface area contributed by atoms with Crippen LogP contribution in [0.5, 0.6) is 5.75 Å². The summed E-state index contributed by atoms with van der Waals surface area (Å²) in [6, 6.07) is 4.86. The Morgan fingerprint density at radius 3 is 2.87 bits per heavy atom. The van der Waals surface area contributed by atoms with E-state index in [4.69, 9.17) is 4.74 Å². The molecule has 1 aliphatic heterocycles. The van der Waals surface area contributed by atoms with E-state index in [2.05, 4.69) is 14.1 Å². The predicted molar refractivity (Wildman–Crippen MR) is 90.0 cm³/mol. The Hall–Kier alpha value is -1.87. The molecule has 0 spiro atoms. The van der Waals surface area contributed by atoms with Crippen LogP contribution in [0.2, 0.25) is 0 Å². The van der Waals surface area contributed by atoms with Gasteiger partial charge in [-0.15, -0.1) is 0 Å². The van der Waals surface area contributed by atoms with Crippen molar-refractivity contribution in [3.05, 3.63) is 24.0 Å². The van der Waals surface area contributed by atoms with Gasteiger partial charge in [-0.3, -0.25) is 4.72 Å². The summed E-state index contributed by atoms with van der Waals surface area (Å²) in [6.45, 7) is 5.23. The Bertz CT molecular complexity index is 817. The molecule has 0 unspecified atom stereocenters. The molecule has 0 saturated carbocycles. The highest BCUT2D eigenvalue weighted by atomic mass is 32.2. The second kappa shape index (κ2) is 5.97. The highest BCUT2D eigenvalue weighted by molar-refractivity contribution is 7.93. The number of benzene rings is 1. The lowest BCUT2D eigenvalue weighted by Gasteiger charge is -2.27. The van der Waals surface area contributed by atoms with Crippen LogP contribution in [0.1, 0.15) is 25.6 Å². The van der Waals surface area contributed by atoms with Gasteiger partial charge in [-0.05, 0) is 12.1 Å². The zero-order chi connectivity index (χ0) is 16.6. The maximum Gasteiger partial charge on any atom is 0.263 e. The van der Waals surface area contributed by atoms with E-state index in [1.165, 1.54) is 6.07 Å². The van der Waals surface area contributed by atoms with E-state index in [1.807, 2.05) is 25.8 Å². The van der Waals surface area contributed by atoms with Crippen LogP contribution in [-0.2, 0) is 10.0 Å². The first-order valence-corrected chi connectivity index (χ1v) is 9.47. The first-order chi connectivity index (χ1) is 10.9. The molecule has 1 aromatic carbocycles. The van der Waals surface area contributed by atoms with E-state index in [-0.39, 0.29) is 15.9 Å². The second-order valence-corrected chi connectivity index (χ2v) is 8.05. The maximum absolute atomic E-state index is 12.5. The van der Waals surface area contributed by atoms with Gasteiger partial charge in [-0.2, -0.15) is 4.37 Å². The number of fused-ring (bicyclic) bond motifs is 1. The molecule has 0 aliphatic carbocycles. The van der Waals surface area contributed by atoms with Crippen molar-refractivity contribution in [1.82, 2.24) is 9.36 Å². The summed E-state index contributed by atoms with van der Waals surface area (Å²) in [5, 5.41) is 0.268. The van der Waals surface area contributed by atoms with Crippen LogP contribution >= 0.6 is 11.5 Å². The minimum atomic E-state index is -3.72. The van der Waals surface area contributed by atoms with Gasteiger partial charge in [0.15, 0.2) is 0 Å². The summed E-state index contributed by atoms with van der Waals surface area (Å²) in [4.78, 5) is 6.37. The maximum atomic E-state index is 12.5. The van der Waals surface area contributed by atoms with E-state index in [1.54, 1.807) is 12.1 Å². The molecule has 9 heteroatoms. The largest absolute Gasteiger partial charge is 0.490 e. The molecule has 7 nitrogen and oxygen atoms in total. The fourth-order valence-corrected chi connectivity index (χ4v) is 4.14. The van der Waals surface area contributed by atoms with Gasteiger partial charge in [0.2, 0.25) is 5.13 Å². The summed E-state index contributed by atoms with van der Waals surface area (Å²) in [5.74, 6) is 1.35. The molecule has 1 N–H and O–H groups in total. The number of anilines is 2. The van der Waals surface area contributed by atoms with Gasteiger partial charge < -0.3 is 9.64 Å². The van der Waals surface area contributed by atoms with Crippen LogP contribution in [0.3, 0.4) is 0 Å². The Morgan fingerprint density at radius 1 is 1.39 bits per heavy atom. The van der Waals surface area contributed by atoms with Crippen molar-refractivity contribution in [3.63, 3.8) is 0 Å². The Kier molecular flexibility index (Phi) is 4.15. The molecule has 0 atom stereocenters. The second-order valence-electron chi connectivity index (χ2n) is 5.62. The molecular formula is C14H18N4O3S2. The monoisotopic (exact) mass is 354 g/mol. The molecule has 124 valence electrons. The lowest BCUT2D eigenvalue weighted by Crippen LogP contribution is -2.29. The smallest absolute Gasteiger partial charge is 0.263 e. The molecule has 23 heavy (non-hydrogen) atoms. The molecular weight excluding hydrogens is 336 g/mol. The average Bonchev–Trinajstić information content (AvgIpc) is 2.95. The van der Waals surface area contributed by atoms with Crippen molar-refractivity contribution in [1.29, 1.82) is 0 Å². The number of aromatic nitrogens is 2. The summed E-state index contributed by atoms with van der Waals surface area (Å²) in [6.07, 6.45) is 0. The number of sulfonamides is 1. The van der Waals surface area contributed by atoms with Crippen LogP contribution in [0, 0.1) is 0 Å². The number of likely N-dealkylation sites (N-methyl/N-ethyl adjacent to an activating group) is 1. The normalized spacial score (nSPS) is 14.5. The molecule has 0 amide bonds. The molecule has 0 fully saturated rings. The molecule has 3 rings (SSSR count). The van der Waals surface area contributed by atoms with E-state index in [0.717, 1.165) is 23.8 Å². The van der Waals surface area contributed by atoms with Crippen molar-refractivity contribution in [2.75, 3.05) is 29.8 Å². The van der Waals surface area contributed by atoms with Gasteiger partial charge in [0.1, 0.15) is 18.2 Å². The SMILES string of the molecule is CC(C)c1nsc(NS(=O)(=O)c2ccc3c(c2)OCCN3C)n1. The van der Waals surface area contributed by atoms with E-state index < -0.39 is 10.0 Å². The number of nitrogens with one attached hydrogen (secondary N) is 1. The zero-order valence-corrected chi connectivity index (χ0v) is 14.7. The van der Waals surface area contributed by atoms with Crippen LogP contribution < -0.4 is 14.4 Å². The molecule has 1 aliphatic rings. The molecule has 0 bridgehead atoms. The number of ether oxygens (including phenoxy) is 1. The number of rotatable bonds is 4. The fourth-order valence-electron chi connectivity index (χ4n) is 2.19. The van der Waals surface area contributed by atoms with Gasteiger partial charge in [0, 0.05) is 30.6 Å². The molecule has 1 aromatic heterocycles. The Labute approximate surface area is 139 Å². The third-order valence-corrected chi connectivity index (χ3v) is 5.63. The Morgan fingerprint density at radius 2 is 2.17 bits per heavy atom. The summed E-state index contributed by atoms with van der Waals surface area (Å²) >= 11 is 1.04. The van der Waals surface area contributed by atoms with Gasteiger partial charge in [0.05, 0.1) is 17.1 Å². The van der Waals surface area contributed by atoms with Crippen LogP contribution in [-0.4, -0.2) is 38.0 Å². The lowest BCUT2D eigenvalue weighted by atomic mass is 10.2. The number of nitrogens with zero attached hydrogens (tertiary/aromatic N) is 3. The summed E-state index contributed by atoms with van der Waals surface area (Å²) < 4.78 is 37.2. The van der Waals surface area contributed by atoms with Gasteiger partial charge in [-0.1, -0.05) is 13.8 Å². The van der Waals surface area contributed by atoms with E-state index >= 15 is 0 Å². The first kappa shape index (κ1) is 16.0. The highest BCUT2D eigenvalue weighted by Crippen LogP contribution is 2.33. The quantitative estimate of drug-likeness (QED) is 0.907. The molecule has 2 aromatic rings. The third-order valence-electron chi connectivity index (χ3n) is 3.52. The Balaban J connectivity index is 1.87. The number of hydrogen-bond donors (Lipinski definition) is 1. The van der Waals surface area contributed by atoms with Crippen molar-refractivity contribution >= 4 is 32.4 Å². The van der Waals surface area contributed by atoms with Crippen molar-refractivity contribution in [2.24, 2.45) is 0 Å². The lowest BCUT2D eigenvalue weighted by molar-refractivity contribution is 0.310. The first-order valence-electron chi connectivity index (χ1n) is 7.21. The molecule has 0 radical (unpaired) electrons. The van der Waals surface area contributed by atoms with E-state index in [0.29, 0.717) is 18.2 Å². The molecule has 0 saturated heterocycles. The fraction of sp³-hybridized carbons (Fsp3) is 0.429. The molecule has 2 heterocycles. The summed E-state index contributed by atoms with van der Waals surface area (Å²) in [5.41, 5.74) is 0.883. The van der Waals surface area contributed by atoms with Crippen molar-refractivity contribution in [3.8, 4) is 5.75 Å². The minimum absolute atomic E-state index is 0.146. The summed E-state index contributed by atoms with van der Waals surface area (Å²) in [7, 11) is -1.77. The van der Waals surface area contributed by atoms with Gasteiger partial charge in [-0.25, -0.2) is 13.4 Å². The van der Waals surface area contributed by atoms with E-state index in [9.17, 15) is 8.42 Å². The predicted octanol–water partition coefficient (Wildman–Crippen LogP) is 2.29. The average molecular weight is 354 g/mol. The highest BCUT2D eigenvalue weighted by Gasteiger charge is 2.22. The van der Waals surface area contributed by atoms with Crippen molar-refractivity contribution in [2.45, 2.75) is 24.7 Å². The van der Waals surface area contributed by atoms with Crippen molar-refractivity contribution < 1.29 is 13.2 Å². The topological polar surface area (TPSA) is 84.4 Å². The van der Waals surface area contributed by atoms with Crippen LogP contribution in [0.15, 0.2) is 23.1 Å². The van der Waals surface area contributed by atoms with Crippen LogP contribution in [0.4, 0.5) is 10.8 Å². The minimum Gasteiger partial charge on any atom is -0.490 e. The van der Waals surface area contributed by atoms with Crippen LogP contribution in [0.25, 0.3) is 0 Å². The number of hydrogen-bond acceptors (Lipinski definition) is 7. The standard InChI is InChI=1S/C14H18N4O3S2/c1-9(2)13-15-14(22-16-13)17-23(19,20)10-4-5-11-12(8-10)21-7-6-18(11)3/h4-5,8-9H,6-7H2,1-3H3,(H,15,16,17).